The first-order valence-electron chi connectivity index (χ1n) is 25.4. The van der Waals surface area contributed by atoms with E-state index >= 15 is 0 Å². The quantitative estimate of drug-likeness (QED) is 0.0270. The fourth-order valence-electron chi connectivity index (χ4n) is 7.28. The highest BCUT2D eigenvalue weighted by molar-refractivity contribution is 5.99. The van der Waals surface area contributed by atoms with E-state index in [4.69, 9.17) is 11.5 Å². The number of carboxylic acid groups (broad SMARTS) is 3. The van der Waals surface area contributed by atoms with Crippen LogP contribution in [0.4, 0.5) is 0 Å². The normalized spacial score (nSPS) is 16.5. The van der Waals surface area contributed by atoms with Gasteiger partial charge in [0.1, 0.15) is 60.4 Å². The molecule has 0 spiro atoms. The summed E-state index contributed by atoms with van der Waals surface area (Å²) in [7, 11) is 0. The van der Waals surface area contributed by atoms with Crippen molar-refractivity contribution < 1.29 is 83.1 Å². The summed E-state index contributed by atoms with van der Waals surface area (Å²) < 4.78 is 0. The highest BCUT2D eigenvalue weighted by Crippen LogP contribution is 2.14. The number of aliphatic carboxylic acids is 3. The lowest BCUT2D eigenvalue weighted by atomic mass is 9.95. The smallest absolute Gasteiger partial charge is 0.326 e. The minimum Gasteiger partial charge on any atom is -0.481 e. The zero-order valence-electron chi connectivity index (χ0n) is 45.4. The minimum atomic E-state index is -2.04. The molecule has 0 aromatic heterocycles. The van der Waals surface area contributed by atoms with Gasteiger partial charge in [-0.15, -0.1) is 0 Å². The molecule has 0 saturated heterocycles. The van der Waals surface area contributed by atoms with Gasteiger partial charge in [-0.25, -0.2) is 4.79 Å². The number of nitrogens with two attached hydrogens (primary N) is 2. The number of nitrogens with one attached hydrogen (secondary N) is 9. The zero-order chi connectivity index (χ0) is 58.9. The van der Waals surface area contributed by atoms with Crippen LogP contribution >= 0.6 is 0 Å². The number of carboxylic acids is 3. The summed E-state index contributed by atoms with van der Waals surface area (Å²) in [6, 6.07) is -15.3. The second-order valence-electron chi connectivity index (χ2n) is 20.2. The van der Waals surface area contributed by atoms with Crippen LogP contribution in [0, 0.1) is 23.7 Å². The summed E-state index contributed by atoms with van der Waals surface area (Å²) in [5.41, 5.74) is 11.1. The standard InChI is InChI=1S/C48H85N11O17/c1-12-24(8)37(46(73)57-36(23(6)7)45(72)56-30(18-22(4)5)41(68)53-29(17-21(2)3)40(67)52-28(48(75)76)15-13-14-16-49)58-39(66)25(9)51-47(74)38(27(11)61)59-43(70)32(20-34(64)65)54-42(69)31(19-33(62)63)55-44(71)35(50)26(10)60/h21-32,35-38,60-61H,12-20,49-50H2,1-11H3,(H,51,74)(H,52,67)(H,53,68)(H,54,69)(H,55,71)(H,56,72)(H,57,73)(H,58,66)(H,59,70)(H,62,63)(H,64,65)(H,75,76)/t24-,25-,26+,27+,28-,29-,30-,31-,32-,35-,36-,37-,38-/m0/s1. The monoisotopic (exact) mass is 1090 g/mol. The maximum Gasteiger partial charge on any atom is 0.326 e. The van der Waals surface area contributed by atoms with Gasteiger partial charge < -0.3 is 84.9 Å². The Morgan fingerprint density at radius 2 is 0.816 bits per heavy atom. The Morgan fingerprint density at radius 1 is 0.434 bits per heavy atom. The van der Waals surface area contributed by atoms with Gasteiger partial charge in [-0.05, 0) is 83.1 Å². The van der Waals surface area contributed by atoms with Crippen molar-refractivity contribution >= 4 is 71.1 Å². The summed E-state index contributed by atoms with van der Waals surface area (Å²) in [5.74, 6) is -15.1. The molecule has 0 saturated carbocycles. The lowest BCUT2D eigenvalue weighted by Gasteiger charge is -2.31. The van der Waals surface area contributed by atoms with Crippen molar-refractivity contribution in [3.8, 4) is 0 Å². The molecule has 9 amide bonds. The molecule has 18 N–H and O–H groups in total. The third kappa shape index (κ3) is 25.3. The van der Waals surface area contributed by atoms with E-state index < -0.39 is 168 Å². The third-order valence-electron chi connectivity index (χ3n) is 11.9. The average molecular weight is 1090 g/mol. The van der Waals surface area contributed by atoms with Gasteiger partial charge in [-0.2, -0.15) is 0 Å². The van der Waals surface area contributed by atoms with E-state index in [2.05, 4.69) is 37.2 Å². The van der Waals surface area contributed by atoms with Gasteiger partial charge in [0, 0.05) is 0 Å². The fraction of sp³-hybridized carbons (Fsp3) is 0.750. The summed E-state index contributed by atoms with van der Waals surface area (Å²) in [6.45, 7) is 17.5. The van der Waals surface area contributed by atoms with Crippen LogP contribution in [0.1, 0.15) is 128 Å². The molecule has 0 aromatic rings. The van der Waals surface area contributed by atoms with Gasteiger partial charge in [0.15, 0.2) is 0 Å². The van der Waals surface area contributed by atoms with Crippen molar-refractivity contribution in [3.63, 3.8) is 0 Å². The molecule has 13 atom stereocenters. The third-order valence-corrected chi connectivity index (χ3v) is 11.9. The van der Waals surface area contributed by atoms with E-state index in [1.165, 1.54) is 6.92 Å². The highest BCUT2D eigenvalue weighted by Gasteiger charge is 2.38. The van der Waals surface area contributed by atoms with Gasteiger partial charge in [0.2, 0.25) is 53.2 Å². The maximum atomic E-state index is 14.0. The fourth-order valence-corrected chi connectivity index (χ4v) is 7.28. The number of carbonyl (C=O) groups is 12. The molecule has 0 radical (unpaired) electrons. The Bertz CT molecular complexity index is 2000. The Kier molecular flexibility index (Phi) is 31.3. The van der Waals surface area contributed by atoms with Crippen LogP contribution in [0.5, 0.6) is 0 Å². The molecule has 0 aliphatic rings. The number of carbonyl (C=O) groups excluding carboxylic acids is 9. The van der Waals surface area contributed by atoms with E-state index in [0.29, 0.717) is 25.8 Å². The molecule has 0 heterocycles. The van der Waals surface area contributed by atoms with E-state index in [1.54, 1.807) is 55.4 Å². The maximum absolute atomic E-state index is 14.0. The van der Waals surface area contributed by atoms with Crippen molar-refractivity contribution in [2.45, 2.75) is 200 Å². The molecule has 434 valence electrons. The minimum absolute atomic E-state index is 0.0928. The van der Waals surface area contributed by atoms with Crippen LogP contribution in [0.2, 0.25) is 0 Å². The molecule has 28 nitrogen and oxygen atoms in total. The zero-order valence-corrected chi connectivity index (χ0v) is 45.4. The number of unbranched alkanes of at least 4 members (excludes halogenated alkanes) is 1. The van der Waals surface area contributed by atoms with E-state index in [9.17, 15) is 83.1 Å². The number of hydrogen-bond acceptors (Lipinski definition) is 16. The van der Waals surface area contributed by atoms with Gasteiger partial charge in [-0.3, -0.25) is 52.7 Å². The topological polar surface area (TPSA) is 466 Å². The molecule has 0 rings (SSSR count). The largest absolute Gasteiger partial charge is 0.481 e. The first kappa shape index (κ1) is 69.5. The molecular formula is C48H85N11O17. The Hall–Kier alpha value is -6.52. The molecular weight excluding hydrogens is 1000 g/mol. The first-order valence-corrected chi connectivity index (χ1v) is 25.4. The van der Waals surface area contributed by atoms with Crippen molar-refractivity contribution in [1.82, 2.24) is 47.9 Å². The van der Waals surface area contributed by atoms with Crippen molar-refractivity contribution in [3.05, 3.63) is 0 Å². The summed E-state index contributed by atoms with van der Waals surface area (Å²) in [6.07, 6.45) is -3.77. The molecule has 0 fully saturated rings. The summed E-state index contributed by atoms with van der Waals surface area (Å²) >= 11 is 0. The SMILES string of the molecule is CC[C@H](C)[C@H](NC(=O)[C@H](C)NC(=O)[C@@H](NC(=O)[C@H](CC(=O)O)NC(=O)[C@H](CC(=O)O)NC(=O)[C@@H](N)[C@@H](C)O)[C@@H](C)O)C(=O)N[C@H](C(=O)N[C@@H](CC(C)C)C(=O)N[C@@H](CC(C)C)C(=O)N[C@@H](CCCCN)C(=O)O)C(C)C. The average Bonchev–Trinajstić information content (AvgIpc) is 3.30. The highest BCUT2D eigenvalue weighted by atomic mass is 16.4. The molecule has 0 unspecified atom stereocenters. The number of aliphatic hydroxyl groups is 2. The number of aliphatic hydroxyl groups excluding tert-OH is 2. The van der Waals surface area contributed by atoms with Crippen molar-refractivity contribution in [2.75, 3.05) is 6.54 Å². The number of amides is 9. The summed E-state index contributed by atoms with van der Waals surface area (Å²) in [4.78, 5) is 157. The van der Waals surface area contributed by atoms with Crippen LogP contribution in [-0.4, -0.2) is 176 Å². The molecule has 0 aliphatic carbocycles. The van der Waals surface area contributed by atoms with Gasteiger partial charge >= 0.3 is 17.9 Å². The molecule has 0 aliphatic heterocycles. The Morgan fingerprint density at radius 3 is 1.22 bits per heavy atom. The van der Waals surface area contributed by atoms with Crippen LogP contribution in [0.15, 0.2) is 0 Å². The van der Waals surface area contributed by atoms with E-state index in [0.717, 1.165) is 13.8 Å². The predicted octanol–water partition coefficient (Wildman–Crippen LogP) is -3.58. The molecule has 0 bridgehead atoms. The second-order valence-corrected chi connectivity index (χ2v) is 20.2. The number of rotatable bonds is 36. The molecule has 76 heavy (non-hydrogen) atoms. The van der Waals surface area contributed by atoms with E-state index in [-0.39, 0.29) is 31.1 Å². The van der Waals surface area contributed by atoms with E-state index in [1.807, 2.05) is 10.6 Å². The van der Waals surface area contributed by atoms with Gasteiger partial charge in [-0.1, -0.05) is 61.8 Å². The predicted molar refractivity (Wildman–Crippen MR) is 273 cm³/mol. The molecule has 0 aromatic carbocycles. The Labute approximate surface area is 442 Å². The van der Waals surface area contributed by atoms with Crippen LogP contribution in [0.3, 0.4) is 0 Å². The van der Waals surface area contributed by atoms with Gasteiger partial charge in [0.25, 0.3) is 0 Å². The van der Waals surface area contributed by atoms with Crippen LogP contribution < -0.4 is 59.3 Å². The van der Waals surface area contributed by atoms with Gasteiger partial charge in [0.05, 0.1) is 25.0 Å². The lowest BCUT2D eigenvalue weighted by Crippen LogP contribution is -2.62. The lowest BCUT2D eigenvalue weighted by molar-refractivity contribution is -0.144. The molecule has 28 heteroatoms. The summed E-state index contributed by atoms with van der Waals surface area (Å²) in [5, 5.41) is 70.2. The van der Waals surface area contributed by atoms with Crippen LogP contribution in [-0.2, 0) is 57.5 Å². The first-order chi connectivity index (χ1) is 35.2. The van der Waals surface area contributed by atoms with Crippen LogP contribution in [0.25, 0.3) is 0 Å². The van der Waals surface area contributed by atoms with Crippen molar-refractivity contribution in [2.24, 2.45) is 35.1 Å². The number of hydrogen-bond donors (Lipinski definition) is 16. The Balaban J connectivity index is 6.38. The van der Waals surface area contributed by atoms with Crippen molar-refractivity contribution in [1.29, 1.82) is 0 Å². The second kappa shape index (κ2) is 34.2.